The van der Waals surface area contributed by atoms with Gasteiger partial charge in [0.25, 0.3) is 0 Å². The molecular formula is C35H27FN2O4. The predicted octanol–water partition coefficient (Wildman–Crippen LogP) is 6.12. The van der Waals surface area contributed by atoms with E-state index in [1.54, 1.807) is 18.2 Å². The highest BCUT2D eigenvalue weighted by molar-refractivity contribution is 6.16. The van der Waals surface area contributed by atoms with Gasteiger partial charge in [-0.05, 0) is 54.0 Å². The molecular weight excluding hydrogens is 531 g/mol. The Labute approximate surface area is 242 Å². The number of rotatable bonds is 5. The van der Waals surface area contributed by atoms with E-state index < -0.39 is 35.0 Å². The molecule has 0 aliphatic carbocycles. The van der Waals surface area contributed by atoms with Crippen molar-refractivity contribution in [3.05, 3.63) is 136 Å². The zero-order valence-corrected chi connectivity index (χ0v) is 23.0. The van der Waals surface area contributed by atoms with E-state index in [2.05, 4.69) is 5.32 Å². The lowest BCUT2D eigenvalue weighted by atomic mass is 9.62. The van der Waals surface area contributed by atoms with Crippen molar-refractivity contribution in [3.63, 3.8) is 0 Å². The first-order chi connectivity index (χ1) is 20.4. The molecule has 1 amide bonds. The number of aryl methyl sites for hydroxylation is 1. The quantitative estimate of drug-likeness (QED) is 0.299. The summed E-state index contributed by atoms with van der Waals surface area (Å²) < 4.78 is 20.1. The summed E-state index contributed by atoms with van der Waals surface area (Å²) in [5.41, 5.74) is 2.98. The molecule has 42 heavy (non-hydrogen) atoms. The molecule has 1 fully saturated rings. The summed E-state index contributed by atoms with van der Waals surface area (Å²) in [7, 11) is 1.35. The number of nitrogens with zero attached hydrogens (tertiary/aromatic N) is 1. The smallest absolute Gasteiger partial charge is 0.238 e. The molecule has 0 unspecified atom stereocenters. The van der Waals surface area contributed by atoms with Crippen LogP contribution in [0.2, 0.25) is 0 Å². The summed E-state index contributed by atoms with van der Waals surface area (Å²) >= 11 is 0. The standard InChI is InChI=1S/C35H27FN2O4/c1-20-11-13-22(14-12-20)32(40)30-29(31(39)23-15-16-28(42-2)26(36)19-23)35(25-9-5-6-10-27(25)37-34(35)41)33-24-8-4-3-7-21(24)17-18-38(30)33/h3-19,29-30,33H,1-2H3,(H,37,41)/t29-,30+,33-,35-/m0/s1. The van der Waals surface area contributed by atoms with Gasteiger partial charge in [-0.2, -0.15) is 0 Å². The number of benzene rings is 4. The van der Waals surface area contributed by atoms with Crippen molar-refractivity contribution in [2.24, 2.45) is 5.92 Å². The molecule has 0 bridgehead atoms. The number of ketones is 2. The van der Waals surface area contributed by atoms with Gasteiger partial charge in [0, 0.05) is 23.0 Å². The number of amides is 1. The Morgan fingerprint density at radius 3 is 2.38 bits per heavy atom. The van der Waals surface area contributed by atoms with Crippen LogP contribution in [-0.4, -0.2) is 35.5 Å². The molecule has 3 heterocycles. The van der Waals surface area contributed by atoms with E-state index in [4.69, 9.17) is 4.74 Å². The summed E-state index contributed by atoms with van der Waals surface area (Å²) in [6.07, 6.45) is 3.73. The van der Waals surface area contributed by atoms with Gasteiger partial charge in [-0.25, -0.2) is 4.39 Å². The molecule has 3 aliphatic rings. The average molecular weight is 559 g/mol. The number of Topliss-reactive ketones (excluding diaryl/α,β-unsaturated/α-hetero) is 2. The summed E-state index contributed by atoms with van der Waals surface area (Å²) in [6.45, 7) is 1.93. The third-order valence-electron chi connectivity index (χ3n) is 8.89. The lowest BCUT2D eigenvalue weighted by Gasteiger charge is -2.38. The highest BCUT2D eigenvalue weighted by atomic mass is 19.1. The Hall–Kier alpha value is -5.04. The monoisotopic (exact) mass is 558 g/mol. The largest absolute Gasteiger partial charge is 0.494 e. The molecule has 7 heteroatoms. The molecule has 3 aliphatic heterocycles. The highest BCUT2D eigenvalue weighted by Crippen LogP contribution is 2.62. The fourth-order valence-electron chi connectivity index (χ4n) is 7.06. The first-order valence-corrected chi connectivity index (χ1v) is 13.8. The van der Waals surface area contributed by atoms with E-state index in [9.17, 15) is 18.8 Å². The van der Waals surface area contributed by atoms with Gasteiger partial charge in [0.1, 0.15) is 11.5 Å². The van der Waals surface area contributed by atoms with E-state index in [0.717, 1.165) is 22.8 Å². The number of nitrogens with one attached hydrogen (secondary N) is 1. The first kappa shape index (κ1) is 25.9. The zero-order chi connectivity index (χ0) is 29.2. The second-order valence-electron chi connectivity index (χ2n) is 11.0. The fraction of sp³-hybridized carbons (Fsp3) is 0.171. The summed E-state index contributed by atoms with van der Waals surface area (Å²) in [5, 5.41) is 3.02. The van der Waals surface area contributed by atoms with Crippen molar-refractivity contribution in [3.8, 4) is 5.75 Å². The Balaban J connectivity index is 1.52. The van der Waals surface area contributed by atoms with Crippen LogP contribution in [0.25, 0.3) is 6.08 Å². The van der Waals surface area contributed by atoms with Crippen LogP contribution in [0, 0.1) is 18.7 Å². The molecule has 0 saturated carbocycles. The molecule has 4 aromatic carbocycles. The molecule has 7 rings (SSSR count). The summed E-state index contributed by atoms with van der Waals surface area (Å²) in [6, 6.07) is 24.5. The van der Waals surface area contributed by atoms with Crippen molar-refractivity contribution < 1.29 is 23.5 Å². The minimum atomic E-state index is -1.48. The number of hydrogen-bond donors (Lipinski definition) is 1. The van der Waals surface area contributed by atoms with Gasteiger partial charge in [-0.1, -0.05) is 72.3 Å². The highest BCUT2D eigenvalue weighted by Gasteiger charge is 2.70. The Bertz CT molecular complexity index is 1810. The normalized spacial score (nSPS) is 23.3. The maximum Gasteiger partial charge on any atom is 0.238 e. The number of hydrogen-bond acceptors (Lipinski definition) is 5. The Morgan fingerprint density at radius 1 is 0.905 bits per heavy atom. The zero-order valence-electron chi connectivity index (χ0n) is 23.0. The Morgan fingerprint density at radius 2 is 1.62 bits per heavy atom. The number of ether oxygens (including phenoxy) is 1. The van der Waals surface area contributed by atoms with Crippen LogP contribution in [-0.2, 0) is 10.2 Å². The minimum absolute atomic E-state index is 0.00166. The molecule has 1 N–H and O–H groups in total. The lowest BCUT2D eigenvalue weighted by molar-refractivity contribution is -0.122. The molecule has 0 radical (unpaired) electrons. The van der Waals surface area contributed by atoms with Gasteiger partial charge in [-0.3, -0.25) is 14.4 Å². The molecule has 0 aromatic heterocycles. The van der Waals surface area contributed by atoms with Gasteiger partial charge in [0.05, 0.1) is 19.1 Å². The Kier molecular flexibility index (Phi) is 5.87. The molecule has 6 nitrogen and oxygen atoms in total. The van der Waals surface area contributed by atoms with Crippen molar-refractivity contribution in [1.29, 1.82) is 0 Å². The number of methoxy groups -OCH3 is 1. The topological polar surface area (TPSA) is 75.7 Å². The molecule has 4 atom stereocenters. The van der Waals surface area contributed by atoms with E-state index in [1.807, 2.05) is 78.7 Å². The van der Waals surface area contributed by atoms with Gasteiger partial charge in [0.15, 0.2) is 23.1 Å². The second kappa shape index (κ2) is 9.52. The predicted molar refractivity (Wildman–Crippen MR) is 157 cm³/mol. The molecule has 208 valence electrons. The number of carbonyl (C=O) groups is 3. The number of fused-ring (bicyclic) bond motifs is 6. The number of para-hydroxylation sites is 1. The van der Waals surface area contributed by atoms with Crippen LogP contribution < -0.4 is 10.1 Å². The van der Waals surface area contributed by atoms with Crippen LogP contribution in [0.5, 0.6) is 5.75 Å². The van der Waals surface area contributed by atoms with E-state index in [1.165, 1.54) is 19.2 Å². The SMILES string of the molecule is COc1ccc(C(=O)[C@@H]2[C@H](C(=O)c3ccc(C)cc3)N3C=Cc4ccccc4[C@H]3[C@@]23C(=O)Nc2ccccc23)cc1F. The lowest BCUT2D eigenvalue weighted by Crippen LogP contribution is -2.49. The van der Waals surface area contributed by atoms with Crippen molar-refractivity contribution in [2.45, 2.75) is 24.4 Å². The van der Waals surface area contributed by atoms with E-state index in [-0.39, 0.29) is 23.0 Å². The van der Waals surface area contributed by atoms with Crippen LogP contribution in [0.1, 0.15) is 49.0 Å². The van der Waals surface area contributed by atoms with E-state index >= 15 is 0 Å². The third-order valence-corrected chi connectivity index (χ3v) is 8.89. The molecule has 1 saturated heterocycles. The maximum atomic E-state index is 15.0. The summed E-state index contributed by atoms with van der Waals surface area (Å²) in [4.78, 5) is 45.7. The van der Waals surface area contributed by atoms with Gasteiger partial charge >= 0.3 is 0 Å². The van der Waals surface area contributed by atoms with Crippen molar-refractivity contribution >= 4 is 29.2 Å². The maximum absolute atomic E-state index is 15.0. The summed E-state index contributed by atoms with van der Waals surface area (Å²) in [5.74, 6) is -3.02. The van der Waals surface area contributed by atoms with Gasteiger partial charge in [-0.15, -0.1) is 0 Å². The van der Waals surface area contributed by atoms with Gasteiger partial charge < -0.3 is 15.0 Å². The number of carbonyl (C=O) groups excluding carboxylic acids is 3. The molecule has 4 aromatic rings. The van der Waals surface area contributed by atoms with Crippen LogP contribution in [0.3, 0.4) is 0 Å². The third kappa shape index (κ3) is 3.52. The number of anilines is 1. The average Bonchev–Trinajstić information content (AvgIpc) is 3.49. The van der Waals surface area contributed by atoms with Crippen molar-refractivity contribution in [1.82, 2.24) is 4.90 Å². The van der Waals surface area contributed by atoms with Crippen LogP contribution >= 0.6 is 0 Å². The molecule has 1 spiro atoms. The fourth-order valence-corrected chi connectivity index (χ4v) is 7.06. The van der Waals surface area contributed by atoms with Crippen LogP contribution in [0.15, 0.2) is 97.2 Å². The minimum Gasteiger partial charge on any atom is -0.494 e. The van der Waals surface area contributed by atoms with Crippen molar-refractivity contribution in [2.75, 3.05) is 12.4 Å². The number of halogens is 1. The second-order valence-corrected chi connectivity index (χ2v) is 11.0. The first-order valence-electron chi connectivity index (χ1n) is 13.8. The van der Waals surface area contributed by atoms with Crippen LogP contribution in [0.4, 0.5) is 10.1 Å². The van der Waals surface area contributed by atoms with Gasteiger partial charge in [0.2, 0.25) is 5.91 Å². The van der Waals surface area contributed by atoms with E-state index in [0.29, 0.717) is 16.8 Å².